The van der Waals surface area contributed by atoms with Crippen molar-refractivity contribution in [1.29, 1.82) is 0 Å². The largest absolute Gasteiger partial charge is 0.449 e. The van der Waals surface area contributed by atoms with Gasteiger partial charge < -0.3 is 15.0 Å². The Balaban J connectivity index is 1.76. The van der Waals surface area contributed by atoms with Gasteiger partial charge in [-0.25, -0.2) is 4.79 Å². The lowest BCUT2D eigenvalue weighted by atomic mass is 9.78. The first-order valence-corrected chi connectivity index (χ1v) is 6.84. The number of nitrogens with one attached hydrogen (secondary N) is 1. The highest BCUT2D eigenvalue weighted by molar-refractivity contribution is 5.79. The van der Waals surface area contributed by atoms with E-state index in [2.05, 4.69) is 12.2 Å². The smallest absolute Gasteiger partial charge is 0.409 e. The van der Waals surface area contributed by atoms with Gasteiger partial charge in [0, 0.05) is 26.1 Å². The predicted octanol–water partition coefficient (Wildman–Crippen LogP) is 1.53. The minimum absolute atomic E-state index is 0.0945. The number of unbranched alkanes of at least 4 members (excludes halogenated alkanes) is 1. The Morgan fingerprint density at radius 1 is 1.44 bits per heavy atom. The van der Waals surface area contributed by atoms with Gasteiger partial charge in [-0.05, 0) is 24.7 Å². The molecule has 0 aliphatic carbocycles. The normalized spacial score (nSPS) is 22.1. The van der Waals surface area contributed by atoms with Crippen LogP contribution in [0.5, 0.6) is 0 Å². The van der Waals surface area contributed by atoms with Crippen LogP contribution < -0.4 is 5.32 Å². The van der Waals surface area contributed by atoms with Crippen molar-refractivity contribution in [3.8, 4) is 0 Å². The van der Waals surface area contributed by atoms with Gasteiger partial charge in [-0.15, -0.1) is 0 Å². The van der Waals surface area contributed by atoms with Crippen molar-refractivity contribution in [2.24, 2.45) is 5.41 Å². The van der Waals surface area contributed by atoms with E-state index in [1.165, 1.54) is 0 Å². The fraction of sp³-hybridized carbons (Fsp3) is 0.846. The van der Waals surface area contributed by atoms with Crippen molar-refractivity contribution in [2.75, 3.05) is 26.2 Å². The van der Waals surface area contributed by atoms with Crippen molar-refractivity contribution in [3.05, 3.63) is 0 Å². The van der Waals surface area contributed by atoms with Crippen LogP contribution in [0.1, 0.15) is 39.0 Å². The van der Waals surface area contributed by atoms with Gasteiger partial charge in [0.2, 0.25) is 5.91 Å². The van der Waals surface area contributed by atoms with Gasteiger partial charge in [0.15, 0.2) is 0 Å². The lowest BCUT2D eigenvalue weighted by Crippen LogP contribution is -2.44. The van der Waals surface area contributed by atoms with Crippen LogP contribution in [0.25, 0.3) is 0 Å². The van der Waals surface area contributed by atoms with E-state index in [9.17, 15) is 9.59 Å². The molecule has 0 unspecified atom stereocenters. The van der Waals surface area contributed by atoms with E-state index >= 15 is 0 Å². The van der Waals surface area contributed by atoms with Crippen molar-refractivity contribution in [2.45, 2.75) is 39.0 Å². The Bertz CT molecular complexity index is 322. The molecule has 2 aliphatic heterocycles. The van der Waals surface area contributed by atoms with Crippen molar-refractivity contribution in [3.63, 3.8) is 0 Å². The van der Waals surface area contributed by atoms with Crippen LogP contribution in [0.15, 0.2) is 0 Å². The number of rotatable bonds is 3. The summed E-state index contributed by atoms with van der Waals surface area (Å²) in [4.78, 5) is 24.8. The minimum atomic E-state index is -0.199. The molecule has 1 spiro atoms. The molecule has 2 aliphatic rings. The molecular formula is C13H22N2O3. The monoisotopic (exact) mass is 254 g/mol. The summed E-state index contributed by atoms with van der Waals surface area (Å²) in [5.74, 6) is 0.147. The molecule has 0 saturated carbocycles. The average Bonchev–Trinajstić information content (AvgIpc) is 2.72. The third kappa shape index (κ3) is 2.94. The van der Waals surface area contributed by atoms with Gasteiger partial charge in [-0.2, -0.15) is 0 Å². The molecule has 5 heteroatoms. The highest BCUT2D eigenvalue weighted by Gasteiger charge is 2.41. The zero-order chi connectivity index (χ0) is 13.0. The number of carbonyl (C=O) groups is 2. The maximum Gasteiger partial charge on any atom is 0.409 e. The Morgan fingerprint density at radius 3 is 2.72 bits per heavy atom. The van der Waals surface area contributed by atoms with Crippen LogP contribution in [0.4, 0.5) is 4.79 Å². The van der Waals surface area contributed by atoms with Crippen LogP contribution in [-0.4, -0.2) is 43.1 Å². The summed E-state index contributed by atoms with van der Waals surface area (Å²) < 4.78 is 5.20. The molecule has 0 aromatic heterocycles. The molecule has 2 amide bonds. The minimum Gasteiger partial charge on any atom is -0.449 e. The lowest BCUT2D eigenvalue weighted by molar-refractivity contribution is -0.119. The lowest BCUT2D eigenvalue weighted by Gasteiger charge is -2.37. The second kappa shape index (κ2) is 5.59. The van der Waals surface area contributed by atoms with Gasteiger partial charge >= 0.3 is 6.09 Å². The molecule has 2 rings (SSSR count). The first-order chi connectivity index (χ1) is 8.65. The van der Waals surface area contributed by atoms with Crippen LogP contribution in [0.2, 0.25) is 0 Å². The van der Waals surface area contributed by atoms with Gasteiger partial charge in [0.05, 0.1) is 6.61 Å². The number of nitrogens with zero attached hydrogens (tertiary/aromatic N) is 1. The van der Waals surface area contributed by atoms with E-state index in [-0.39, 0.29) is 17.4 Å². The fourth-order valence-electron chi connectivity index (χ4n) is 2.66. The van der Waals surface area contributed by atoms with E-state index in [4.69, 9.17) is 4.74 Å². The number of likely N-dealkylation sites (tertiary alicyclic amines) is 1. The summed E-state index contributed by atoms with van der Waals surface area (Å²) in [6, 6.07) is 0. The summed E-state index contributed by atoms with van der Waals surface area (Å²) in [5.41, 5.74) is 0.0945. The standard InChI is InChI=1S/C13H22N2O3/c1-2-3-8-18-12(17)15-6-4-13(5-7-15)9-11(16)14-10-13/h2-10H2,1H3,(H,14,16). The third-order valence-electron chi connectivity index (χ3n) is 4.00. The maximum atomic E-state index is 11.8. The first-order valence-electron chi connectivity index (χ1n) is 6.84. The topological polar surface area (TPSA) is 58.6 Å². The van der Waals surface area contributed by atoms with Crippen LogP contribution in [-0.2, 0) is 9.53 Å². The van der Waals surface area contributed by atoms with Crippen LogP contribution >= 0.6 is 0 Å². The average molecular weight is 254 g/mol. The van der Waals surface area contributed by atoms with E-state index in [1.807, 2.05) is 0 Å². The van der Waals surface area contributed by atoms with E-state index < -0.39 is 0 Å². The van der Waals surface area contributed by atoms with Crippen LogP contribution in [0.3, 0.4) is 0 Å². The van der Waals surface area contributed by atoms with Gasteiger partial charge in [-0.3, -0.25) is 4.79 Å². The molecule has 18 heavy (non-hydrogen) atoms. The van der Waals surface area contributed by atoms with Gasteiger partial charge in [0.25, 0.3) is 0 Å². The van der Waals surface area contributed by atoms with Gasteiger partial charge in [-0.1, -0.05) is 13.3 Å². The number of piperidine rings is 1. The number of hydrogen-bond donors (Lipinski definition) is 1. The second-order valence-electron chi connectivity index (χ2n) is 5.41. The quantitative estimate of drug-likeness (QED) is 0.777. The summed E-state index contributed by atoms with van der Waals surface area (Å²) in [5, 5.41) is 2.89. The number of ether oxygens (including phenoxy) is 1. The number of carbonyl (C=O) groups excluding carboxylic acids is 2. The molecule has 0 bridgehead atoms. The molecule has 0 atom stereocenters. The Morgan fingerprint density at radius 2 is 2.17 bits per heavy atom. The maximum absolute atomic E-state index is 11.8. The number of hydrogen-bond acceptors (Lipinski definition) is 3. The molecule has 1 N–H and O–H groups in total. The molecule has 5 nitrogen and oxygen atoms in total. The van der Waals surface area contributed by atoms with Crippen molar-refractivity contribution < 1.29 is 14.3 Å². The molecule has 0 radical (unpaired) electrons. The van der Waals surface area contributed by atoms with Crippen LogP contribution in [0, 0.1) is 5.41 Å². The van der Waals surface area contributed by atoms with Gasteiger partial charge in [0.1, 0.15) is 0 Å². The molecule has 2 fully saturated rings. The third-order valence-corrected chi connectivity index (χ3v) is 4.00. The summed E-state index contributed by atoms with van der Waals surface area (Å²) in [7, 11) is 0. The summed E-state index contributed by atoms with van der Waals surface area (Å²) >= 11 is 0. The molecule has 0 aromatic rings. The first kappa shape index (κ1) is 13.2. The zero-order valence-electron chi connectivity index (χ0n) is 11.0. The fourth-order valence-corrected chi connectivity index (χ4v) is 2.66. The summed E-state index contributed by atoms with van der Waals surface area (Å²) in [6.07, 6.45) is 4.16. The molecular weight excluding hydrogens is 232 g/mol. The Hall–Kier alpha value is -1.26. The SMILES string of the molecule is CCCCOC(=O)N1CCC2(CC1)CNC(=O)C2. The Labute approximate surface area is 108 Å². The molecule has 2 saturated heterocycles. The highest BCUT2D eigenvalue weighted by atomic mass is 16.6. The van der Waals surface area contributed by atoms with Crippen molar-refractivity contribution in [1.82, 2.24) is 10.2 Å². The number of amides is 2. The second-order valence-corrected chi connectivity index (χ2v) is 5.41. The van der Waals surface area contributed by atoms with E-state index in [0.29, 0.717) is 26.1 Å². The van der Waals surface area contributed by atoms with E-state index in [0.717, 1.165) is 32.2 Å². The Kier molecular flexibility index (Phi) is 4.09. The zero-order valence-corrected chi connectivity index (χ0v) is 11.0. The predicted molar refractivity (Wildman–Crippen MR) is 67.1 cm³/mol. The molecule has 0 aromatic carbocycles. The van der Waals surface area contributed by atoms with E-state index in [1.54, 1.807) is 4.90 Å². The van der Waals surface area contributed by atoms with Crippen molar-refractivity contribution >= 4 is 12.0 Å². The highest BCUT2D eigenvalue weighted by Crippen LogP contribution is 2.37. The molecule has 2 heterocycles. The summed E-state index contributed by atoms with van der Waals surface area (Å²) in [6.45, 7) is 4.77. The molecule has 102 valence electrons.